The van der Waals surface area contributed by atoms with Gasteiger partial charge >= 0.3 is 0 Å². The lowest BCUT2D eigenvalue weighted by Crippen LogP contribution is -2.23. The Morgan fingerprint density at radius 3 is 2.77 bits per heavy atom. The van der Waals surface area contributed by atoms with Crippen molar-refractivity contribution in [3.63, 3.8) is 0 Å². The second-order valence-corrected chi connectivity index (χ2v) is 5.20. The van der Waals surface area contributed by atoms with E-state index in [1.54, 1.807) is 54.2 Å². The highest BCUT2D eigenvalue weighted by Crippen LogP contribution is 2.21. The lowest BCUT2D eigenvalue weighted by atomic mass is 10.1. The van der Waals surface area contributed by atoms with E-state index in [0.717, 1.165) is 0 Å². The van der Waals surface area contributed by atoms with Crippen LogP contribution in [0.25, 0.3) is 10.9 Å². The zero-order valence-corrected chi connectivity index (χ0v) is 12.5. The van der Waals surface area contributed by atoms with Crippen LogP contribution in [0.1, 0.15) is 10.4 Å². The van der Waals surface area contributed by atoms with Gasteiger partial charge in [0.25, 0.3) is 5.91 Å². The molecule has 1 aromatic carbocycles. The molecule has 0 unspecified atom stereocenters. The molecule has 3 aromatic rings. The molecule has 1 amide bonds. The number of carbonyl (C=O) groups is 1. The number of nitrogens with one attached hydrogen (secondary N) is 1. The minimum absolute atomic E-state index is 0.0444. The molecule has 2 heterocycles. The van der Waals surface area contributed by atoms with Crippen molar-refractivity contribution in [3.05, 3.63) is 69.6 Å². The quantitative estimate of drug-likeness (QED) is 0.791. The van der Waals surface area contributed by atoms with Crippen molar-refractivity contribution in [1.29, 1.82) is 0 Å². The van der Waals surface area contributed by atoms with Crippen LogP contribution in [-0.4, -0.2) is 15.5 Å². The van der Waals surface area contributed by atoms with E-state index in [1.807, 2.05) is 0 Å². The number of benzene rings is 1. The van der Waals surface area contributed by atoms with Gasteiger partial charge in [0.05, 0.1) is 10.5 Å². The maximum absolute atomic E-state index is 12.5. The molecule has 0 aliphatic rings. The summed E-state index contributed by atoms with van der Waals surface area (Å²) < 4.78 is 1.67. The summed E-state index contributed by atoms with van der Waals surface area (Å²) in [6.07, 6.45) is 3.04. The molecule has 6 heteroatoms. The van der Waals surface area contributed by atoms with Crippen molar-refractivity contribution < 1.29 is 4.79 Å². The number of nitrogens with zero attached hydrogens (tertiary/aromatic N) is 2. The average Bonchev–Trinajstić information content (AvgIpc) is 2.51. The lowest BCUT2D eigenvalue weighted by molar-refractivity contribution is 0.102. The van der Waals surface area contributed by atoms with Crippen LogP contribution >= 0.6 is 11.6 Å². The van der Waals surface area contributed by atoms with Gasteiger partial charge in [-0.05, 0) is 24.3 Å². The predicted molar refractivity (Wildman–Crippen MR) is 86.4 cm³/mol. The number of aromatic nitrogens is 2. The Hall–Kier alpha value is -2.66. The van der Waals surface area contributed by atoms with Crippen molar-refractivity contribution >= 4 is 34.2 Å². The molecule has 5 nitrogen and oxygen atoms in total. The topological polar surface area (TPSA) is 64.0 Å². The number of pyridine rings is 2. The SMILES string of the molecule is Cn1cc(C(=O)Nc2ccccn2)c(=O)c2cccc(Cl)c21. The Kier molecular flexibility index (Phi) is 3.65. The Balaban J connectivity index is 2.10. The molecule has 0 radical (unpaired) electrons. The van der Waals surface area contributed by atoms with Gasteiger partial charge in [-0.3, -0.25) is 9.59 Å². The van der Waals surface area contributed by atoms with Gasteiger partial charge in [-0.1, -0.05) is 23.7 Å². The van der Waals surface area contributed by atoms with E-state index in [9.17, 15) is 9.59 Å². The van der Waals surface area contributed by atoms with Crippen LogP contribution in [0.5, 0.6) is 0 Å². The number of para-hydroxylation sites is 1. The van der Waals surface area contributed by atoms with Crippen LogP contribution in [0.4, 0.5) is 5.82 Å². The van der Waals surface area contributed by atoms with E-state index >= 15 is 0 Å². The molecule has 0 fully saturated rings. The Labute approximate surface area is 131 Å². The average molecular weight is 314 g/mol. The third-order valence-electron chi connectivity index (χ3n) is 3.30. The zero-order valence-electron chi connectivity index (χ0n) is 11.7. The molecular formula is C16H12ClN3O2. The number of anilines is 1. The van der Waals surface area contributed by atoms with E-state index in [1.165, 1.54) is 6.20 Å². The summed E-state index contributed by atoms with van der Waals surface area (Å²) in [6, 6.07) is 10.2. The molecule has 0 spiro atoms. The maximum atomic E-state index is 12.5. The number of halogens is 1. The van der Waals surface area contributed by atoms with Gasteiger partial charge in [-0.2, -0.15) is 0 Å². The van der Waals surface area contributed by atoms with Crippen LogP contribution < -0.4 is 10.7 Å². The molecule has 1 N–H and O–H groups in total. The number of rotatable bonds is 2. The minimum Gasteiger partial charge on any atom is -0.348 e. The summed E-state index contributed by atoms with van der Waals surface area (Å²) in [5.74, 6) is -0.109. The van der Waals surface area contributed by atoms with Crippen LogP contribution in [0.2, 0.25) is 5.02 Å². The monoisotopic (exact) mass is 313 g/mol. The zero-order chi connectivity index (χ0) is 15.7. The standard InChI is InChI=1S/C16H12ClN3O2/c1-20-9-11(16(22)19-13-7-2-3-8-18-13)15(21)10-5-4-6-12(17)14(10)20/h2-9H,1H3,(H,18,19,22). The summed E-state index contributed by atoms with van der Waals surface area (Å²) >= 11 is 6.13. The van der Waals surface area contributed by atoms with Gasteiger partial charge in [0.2, 0.25) is 5.43 Å². The molecular weight excluding hydrogens is 302 g/mol. The molecule has 110 valence electrons. The highest BCUT2D eigenvalue weighted by atomic mass is 35.5. The Bertz CT molecular complexity index is 920. The number of carbonyl (C=O) groups excluding carboxylic acids is 1. The maximum Gasteiger partial charge on any atom is 0.262 e. The molecule has 2 aromatic heterocycles. The first kappa shape index (κ1) is 14.3. The van der Waals surface area contributed by atoms with E-state index in [2.05, 4.69) is 10.3 Å². The van der Waals surface area contributed by atoms with Crippen LogP contribution in [0, 0.1) is 0 Å². The van der Waals surface area contributed by atoms with Crippen molar-refractivity contribution in [2.75, 3.05) is 5.32 Å². The van der Waals surface area contributed by atoms with Crippen molar-refractivity contribution in [3.8, 4) is 0 Å². The van der Waals surface area contributed by atoms with Crippen LogP contribution in [0.3, 0.4) is 0 Å². The fourth-order valence-electron chi connectivity index (χ4n) is 2.30. The van der Waals surface area contributed by atoms with Gasteiger partial charge < -0.3 is 9.88 Å². The summed E-state index contributed by atoms with van der Waals surface area (Å²) in [5.41, 5.74) is 0.288. The minimum atomic E-state index is -0.499. The highest BCUT2D eigenvalue weighted by Gasteiger charge is 2.16. The first-order chi connectivity index (χ1) is 10.6. The van der Waals surface area contributed by atoms with Crippen molar-refractivity contribution in [2.24, 2.45) is 7.05 Å². The normalized spacial score (nSPS) is 10.6. The number of amides is 1. The van der Waals surface area contributed by atoms with E-state index in [0.29, 0.717) is 21.7 Å². The van der Waals surface area contributed by atoms with Crippen molar-refractivity contribution in [1.82, 2.24) is 9.55 Å². The van der Waals surface area contributed by atoms with Crippen LogP contribution in [0.15, 0.2) is 53.6 Å². The third kappa shape index (κ3) is 2.46. The largest absolute Gasteiger partial charge is 0.348 e. The summed E-state index contributed by atoms with van der Waals surface area (Å²) in [5, 5.41) is 3.48. The Morgan fingerprint density at radius 2 is 2.05 bits per heavy atom. The molecule has 0 saturated carbocycles. The van der Waals surface area contributed by atoms with Gasteiger partial charge in [0.1, 0.15) is 11.4 Å². The van der Waals surface area contributed by atoms with E-state index in [-0.39, 0.29) is 11.0 Å². The van der Waals surface area contributed by atoms with Gasteiger partial charge in [-0.15, -0.1) is 0 Å². The van der Waals surface area contributed by atoms with E-state index in [4.69, 9.17) is 11.6 Å². The molecule has 0 saturated heterocycles. The molecule has 3 rings (SSSR count). The molecule has 0 aliphatic carbocycles. The van der Waals surface area contributed by atoms with Gasteiger partial charge in [-0.25, -0.2) is 4.98 Å². The molecule has 0 aliphatic heterocycles. The lowest BCUT2D eigenvalue weighted by Gasteiger charge is -2.10. The summed E-state index contributed by atoms with van der Waals surface area (Å²) in [4.78, 5) is 28.8. The van der Waals surface area contributed by atoms with E-state index < -0.39 is 5.91 Å². The Morgan fingerprint density at radius 1 is 1.23 bits per heavy atom. The van der Waals surface area contributed by atoms with Crippen molar-refractivity contribution in [2.45, 2.75) is 0 Å². The van der Waals surface area contributed by atoms with Crippen LogP contribution in [-0.2, 0) is 7.05 Å². The number of hydrogen-bond donors (Lipinski definition) is 1. The number of aryl methyl sites for hydroxylation is 1. The predicted octanol–water partition coefficient (Wildman–Crippen LogP) is 2.84. The first-order valence-corrected chi connectivity index (χ1v) is 6.96. The molecule has 0 atom stereocenters. The fourth-order valence-corrected chi connectivity index (χ4v) is 2.61. The summed E-state index contributed by atoms with van der Waals surface area (Å²) in [7, 11) is 1.74. The first-order valence-electron chi connectivity index (χ1n) is 6.58. The number of fused-ring (bicyclic) bond motifs is 1. The molecule has 0 bridgehead atoms. The van der Waals surface area contributed by atoms with Gasteiger partial charge in [0, 0.05) is 24.8 Å². The smallest absolute Gasteiger partial charge is 0.262 e. The second-order valence-electron chi connectivity index (χ2n) is 4.79. The number of hydrogen-bond acceptors (Lipinski definition) is 3. The highest BCUT2D eigenvalue weighted by molar-refractivity contribution is 6.35. The fraction of sp³-hybridized carbons (Fsp3) is 0.0625. The summed E-state index contributed by atoms with van der Waals surface area (Å²) in [6.45, 7) is 0. The molecule has 22 heavy (non-hydrogen) atoms. The second kappa shape index (κ2) is 5.61. The van der Waals surface area contributed by atoms with Gasteiger partial charge in [0.15, 0.2) is 0 Å². The third-order valence-corrected chi connectivity index (χ3v) is 3.61.